The number of nitrogens with zero attached hydrogens (tertiary/aromatic N) is 3. The zero-order chi connectivity index (χ0) is 25.1. The number of amides is 1. The van der Waals surface area contributed by atoms with Gasteiger partial charge in [0.05, 0.1) is 12.8 Å². The van der Waals surface area contributed by atoms with Gasteiger partial charge in [0.1, 0.15) is 17.4 Å². The van der Waals surface area contributed by atoms with Gasteiger partial charge < -0.3 is 19.8 Å². The number of ether oxygens (including phenoxy) is 1. The fourth-order valence-corrected chi connectivity index (χ4v) is 4.07. The average Bonchev–Trinajstić information content (AvgIpc) is 3.57. The molecule has 35 heavy (non-hydrogen) atoms. The van der Waals surface area contributed by atoms with Crippen LogP contribution in [0.1, 0.15) is 39.3 Å². The molecule has 1 aromatic carbocycles. The molecule has 1 atom stereocenters. The molecule has 4 rings (SSSR count). The van der Waals surface area contributed by atoms with Crippen molar-refractivity contribution in [1.29, 1.82) is 0 Å². The van der Waals surface area contributed by atoms with E-state index in [1.54, 1.807) is 30.3 Å². The number of benzene rings is 1. The van der Waals surface area contributed by atoms with Gasteiger partial charge in [-0.3, -0.25) is 23.5 Å². The number of carbonyl (C=O) groups excluding carboxylic acids is 3. The highest BCUT2D eigenvalue weighted by atomic mass is 16.5. The van der Waals surface area contributed by atoms with Crippen LogP contribution in [-0.4, -0.2) is 50.9 Å². The molecule has 3 heterocycles. The summed E-state index contributed by atoms with van der Waals surface area (Å²) in [6.07, 6.45) is 2.31. The maximum Gasteiger partial charge on any atom is 0.332 e. The molecule has 1 saturated heterocycles. The third kappa shape index (κ3) is 4.65. The molecule has 0 spiro atoms. The number of esters is 1. The Balaban J connectivity index is 1.52. The topological polar surface area (TPSA) is 147 Å². The van der Waals surface area contributed by atoms with E-state index in [1.807, 2.05) is 6.07 Å². The van der Waals surface area contributed by atoms with E-state index in [2.05, 4.69) is 0 Å². The summed E-state index contributed by atoms with van der Waals surface area (Å²) in [5.74, 6) is -2.29. The predicted octanol–water partition coefficient (Wildman–Crippen LogP) is 0.801. The summed E-state index contributed by atoms with van der Waals surface area (Å²) in [7, 11) is 1.24. The second-order valence-electron chi connectivity index (χ2n) is 8.14. The summed E-state index contributed by atoms with van der Waals surface area (Å²) in [4.78, 5) is 64.8. The standard InChI is InChI=1S/C24H24N4O7/c1-26-22(31)19(20(25)28(24(26)33)13-15-7-3-2-4-8-15)17(29)14-35-23(32)16-9-5-11-27(16)21(30)18-10-6-12-34-18/h2-4,6-8,10,12,16H,5,9,11,13-14,25H2,1H3/t16-/m0/s1. The van der Waals surface area contributed by atoms with Crippen LogP contribution in [0.5, 0.6) is 0 Å². The minimum atomic E-state index is -0.882. The summed E-state index contributed by atoms with van der Waals surface area (Å²) < 4.78 is 12.2. The summed E-state index contributed by atoms with van der Waals surface area (Å²) >= 11 is 0. The number of carbonyl (C=O) groups is 3. The van der Waals surface area contributed by atoms with Gasteiger partial charge in [-0.1, -0.05) is 30.3 Å². The number of ketones is 1. The largest absolute Gasteiger partial charge is 0.459 e. The molecule has 1 amide bonds. The zero-order valence-electron chi connectivity index (χ0n) is 19.0. The van der Waals surface area contributed by atoms with Crippen LogP contribution < -0.4 is 17.0 Å². The molecular formula is C24H24N4O7. The number of aromatic nitrogens is 2. The molecule has 11 heteroatoms. The van der Waals surface area contributed by atoms with Gasteiger partial charge in [0.2, 0.25) is 5.78 Å². The van der Waals surface area contributed by atoms with Crippen LogP contribution in [-0.2, 0) is 23.1 Å². The van der Waals surface area contributed by atoms with E-state index in [-0.39, 0.29) is 18.1 Å². The number of furan rings is 1. The molecule has 0 unspecified atom stereocenters. The maximum absolute atomic E-state index is 12.9. The van der Waals surface area contributed by atoms with Gasteiger partial charge in [0, 0.05) is 13.6 Å². The number of anilines is 1. The van der Waals surface area contributed by atoms with E-state index in [0.717, 1.165) is 14.7 Å². The Morgan fingerprint density at radius 2 is 1.86 bits per heavy atom. The fraction of sp³-hybridized carbons (Fsp3) is 0.292. The molecule has 2 aromatic heterocycles. The van der Waals surface area contributed by atoms with Crippen LogP contribution in [0.15, 0.2) is 62.7 Å². The van der Waals surface area contributed by atoms with E-state index >= 15 is 0 Å². The van der Waals surface area contributed by atoms with Crippen LogP contribution in [0.25, 0.3) is 0 Å². The minimum absolute atomic E-state index is 0.0472. The summed E-state index contributed by atoms with van der Waals surface area (Å²) in [6.45, 7) is -0.377. The first-order valence-corrected chi connectivity index (χ1v) is 11.0. The highest BCUT2D eigenvalue weighted by molar-refractivity contribution is 6.01. The molecule has 3 aromatic rings. The van der Waals surface area contributed by atoms with Crippen molar-refractivity contribution in [3.8, 4) is 0 Å². The van der Waals surface area contributed by atoms with Gasteiger partial charge >= 0.3 is 11.7 Å². The maximum atomic E-state index is 12.9. The number of hydrogen-bond donors (Lipinski definition) is 1. The van der Waals surface area contributed by atoms with Crippen molar-refractivity contribution >= 4 is 23.5 Å². The van der Waals surface area contributed by atoms with E-state index in [4.69, 9.17) is 14.9 Å². The summed E-state index contributed by atoms with van der Waals surface area (Å²) in [6, 6.07) is 11.1. The van der Waals surface area contributed by atoms with Crippen molar-refractivity contribution in [1.82, 2.24) is 14.0 Å². The molecule has 11 nitrogen and oxygen atoms in total. The van der Waals surface area contributed by atoms with E-state index < -0.39 is 47.1 Å². The Labute approximate surface area is 199 Å². The van der Waals surface area contributed by atoms with Gasteiger partial charge in [0.25, 0.3) is 11.5 Å². The van der Waals surface area contributed by atoms with Crippen molar-refractivity contribution in [3.63, 3.8) is 0 Å². The van der Waals surface area contributed by atoms with Gasteiger partial charge in [-0.05, 0) is 30.5 Å². The smallest absolute Gasteiger partial charge is 0.332 e. The zero-order valence-corrected chi connectivity index (χ0v) is 19.0. The minimum Gasteiger partial charge on any atom is -0.459 e. The quantitative estimate of drug-likeness (QED) is 0.386. The third-order valence-corrected chi connectivity index (χ3v) is 5.91. The fourth-order valence-electron chi connectivity index (χ4n) is 4.07. The van der Waals surface area contributed by atoms with Gasteiger partial charge in [-0.25, -0.2) is 9.59 Å². The number of nitrogens with two attached hydrogens (primary N) is 1. The first kappa shape index (κ1) is 23.7. The van der Waals surface area contributed by atoms with Crippen LogP contribution in [0.3, 0.4) is 0 Å². The Bertz CT molecular complexity index is 1370. The average molecular weight is 480 g/mol. The van der Waals surface area contributed by atoms with Crippen molar-refractivity contribution in [2.45, 2.75) is 25.4 Å². The first-order chi connectivity index (χ1) is 16.8. The second-order valence-corrected chi connectivity index (χ2v) is 8.14. The molecule has 182 valence electrons. The van der Waals surface area contributed by atoms with Crippen molar-refractivity contribution in [2.75, 3.05) is 18.9 Å². The van der Waals surface area contributed by atoms with Crippen molar-refractivity contribution in [2.24, 2.45) is 7.05 Å². The molecule has 1 aliphatic heterocycles. The molecule has 0 saturated carbocycles. The highest BCUT2D eigenvalue weighted by Crippen LogP contribution is 2.21. The number of likely N-dealkylation sites (tertiary alicyclic amines) is 1. The molecule has 1 fully saturated rings. The molecule has 0 aliphatic carbocycles. The van der Waals surface area contributed by atoms with Gasteiger partial charge in [-0.2, -0.15) is 0 Å². The number of Topliss-reactive ketones (excluding diaryl/α,β-unsaturated/α-hetero) is 1. The van der Waals surface area contributed by atoms with E-state index in [9.17, 15) is 24.0 Å². The second kappa shape index (κ2) is 9.84. The lowest BCUT2D eigenvalue weighted by Gasteiger charge is -2.22. The molecule has 0 radical (unpaired) electrons. The lowest BCUT2D eigenvalue weighted by atomic mass is 10.1. The molecule has 0 bridgehead atoms. The highest BCUT2D eigenvalue weighted by Gasteiger charge is 2.37. The number of nitrogen functional groups attached to an aromatic ring is 1. The van der Waals surface area contributed by atoms with Gasteiger partial charge in [0.15, 0.2) is 12.4 Å². The Hall–Kier alpha value is -4.41. The van der Waals surface area contributed by atoms with Gasteiger partial charge in [-0.15, -0.1) is 0 Å². The summed E-state index contributed by atoms with van der Waals surface area (Å²) in [5.41, 5.74) is 4.82. The third-order valence-electron chi connectivity index (χ3n) is 5.91. The van der Waals surface area contributed by atoms with Crippen LogP contribution in [0.2, 0.25) is 0 Å². The lowest BCUT2D eigenvalue weighted by molar-refractivity contribution is -0.147. The Morgan fingerprint density at radius 1 is 1.11 bits per heavy atom. The number of hydrogen-bond acceptors (Lipinski definition) is 8. The monoisotopic (exact) mass is 480 g/mol. The SMILES string of the molecule is Cn1c(=O)c(C(=O)COC(=O)[C@@H]2CCCN2C(=O)c2ccco2)c(N)n(Cc2ccccc2)c1=O. The van der Waals surface area contributed by atoms with E-state index in [0.29, 0.717) is 19.4 Å². The molecule has 1 aliphatic rings. The molecule has 2 N–H and O–H groups in total. The number of rotatable bonds is 7. The van der Waals surface area contributed by atoms with Crippen molar-refractivity contribution in [3.05, 3.63) is 86.5 Å². The lowest BCUT2D eigenvalue weighted by Crippen LogP contribution is -2.44. The Morgan fingerprint density at radius 3 is 2.54 bits per heavy atom. The van der Waals surface area contributed by atoms with Crippen LogP contribution in [0, 0.1) is 0 Å². The van der Waals surface area contributed by atoms with Crippen molar-refractivity contribution < 1.29 is 23.5 Å². The van der Waals surface area contributed by atoms with Crippen LogP contribution in [0.4, 0.5) is 5.82 Å². The molecular weight excluding hydrogens is 456 g/mol. The normalized spacial score (nSPS) is 15.2. The summed E-state index contributed by atoms with van der Waals surface area (Å²) in [5, 5.41) is 0. The van der Waals surface area contributed by atoms with E-state index in [1.165, 1.54) is 24.3 Å². The van der Waals surface area contributed by atoms with Crippen LogP contribution >= 0.6 is 0 Å². The Kier molecular flexibility index (Phi) is 6.67. The predicted molar refractivity (Wildman–Crippen MR) is 124 cm³/mol. The first-order valence-electron chi connectivity index (χ1n) is 11.0.